The Hall–Kier alpha value is -2.73. The summed E-state index contributed by atoms with van der Waals surface area (Å²) < 4.78 is 5.64. The lowest BCUT2D eigenvalue weighted by atomic mass is 10.2. The third kappa shape index (κ3) is 4.64. The number of hydrogen-bond donors (Lipinski definition) is 1. The van der Waals surface area contributed by atoms with Gasteiger partial charge in [0.2, 0.25) is 0 Å². The minimum Gasteiger partial charge on any atom is -0.491 e. The van der Waals surface area contributed by atoms with E-state index in [0.717, 1.165) is 21.9 Å². The zero-order chi connectivity index (χ0) is 17.6. The van der Waals surface area contributed by atoms with Crippen molar-refractivity contribution in [2.24, 2.45) is 0 Å². The molecular weight excluding hydrogens is 334 g/mol. The van der Waals surface area contributed by atoms with E-state index in [9.17, 15) is 4.79 Å². The maximum absolute atomic E-state index is 12.2. The van der Waals surface area contributed by atoms with Gasteiger partial charge in [-0.25, -0.2) is 4.98 Å². The fraction of sp³-hybridized carbons (Fsp3) is 0.211. The van der Waals surface area contributed by atoms with E-state index in [0.29, 0.717) is 12.2 Å². The molecule has 1 amide bonds. The molecule has 0 aliphatic rings. The van der Waals surface area contributed by atoms with Gasteiger partial charge in [-0.1, -0.05) is 0 Å². The number of carbonyl (C=O) groups is 1. The lowest BCUT2D eigenvalue weighted by Crippen LogP contribution is -2.23. The van der Waals surface area contributed by atoms with E-state index in [2.05, 4.69) is 15.3 Å². The number of aromatic nitrogens is 2. The maximum atomic E-state index is 12.2. The molecule has 0 saturated carbocycles. The van der Waals surface area contributed by atoms with Gasteiger partial charge in [-0.15, -0.1) is 11.3 Å². The maximum Gasteiger partial charge on any atom is 0.271 e. The Balaban J connectivity index is 1.64. The Morgan fingerprint density at radius 1 is 1.16 bits per heavy atom. The van der Waals surface area contributed by atoms with Crippen molar-refractivity contribution in [2.45, 2.75) is 26.5 Å². The van der Waals surface area contributed by atoms with Crippen LogP contribution in [0.25, 0.3) is 10.6 Å². The summed E-state index contributed by atoms with van der Waals surface area (Å²) in [6.45, 7) is 4.44. The van der Waals surface area contributed by atoms with Gasteiger partial charge in [0.25, 0.3) is 5.91 Å². The largest absolute Gasteiger partial charge is 0.491 e. The van der Waals surface area contributed by atoms with Crippen molar-refractivity contribution in [1.82, 2.24) is 15.3 Å². The van der Waals surface area contributed by atoms with E-state index < -0.39 is 0 Å². The van der Waals surface area contributed by atoms with Crippen molar-refractivity contribution in [3.8, 4) is 16.3 Å². The summed E-state index contributed by atoms with van der Waals surface area (Å²) in [6.07, 6.45) is 3.55. The zero-order valence-electron chi connectivity index (χ0n) is 14.1. The van der Waals surface area contributed by atoms with Crippen LogP contribution in [0.1, 0.15) is 29.9 Å². The molecule has 1 aromatic carbocycles. The predicted octanol–water partition coefficient (Wildman–Crippen LogP) is 3.92. The van der Waals surface area contributed by atoms with Gasteiger partial charge in [-0.05, 0) is 55.8 Å². The second-order valence-corrected chi connectivity index (χ2v) is 6.63. The number of benzene rings is 1. The van der Waals surface area contributed by atoms with Gasteiger partial charge in [-0.3, -0.25) is 9.78 Å². The molecule has 0 aliphatic carbocycles. The van der Waals surface area contributed by atoms with E-state index in [1.165, 1.54) is 11.3 Å². The first-order chi connectivity index (χ1) is 12.1. The molecule has 0 saturated heterocycles. The molecule has 25 heavy (non-hydrogen) atoms. The molecule has 2 aromatic heterocycles. The second kappa shape index (κ2) is 7.90. The standard InChI is InChI=1S/C19H19N3O2S/c1-13(2)24-16-5-3-15(4-6-16)19-22-17(12-25-19)18(23)21-11-14-7-9-20-10-8-14/h3-10,12-13H,11H2,1-2H3,(H,21,23). The lowest BCUT2D eigenvalue weighted by molar-refractivity contribution is 0.0946. The Morgan fingerprint density at radius 2 is 1.88 bits per heavy atom. The highest BCUT2D eigenvalue weighted by molar-refractivity contribution is 7.13. The van der Waals surface area contributed by atoms with Crippen LogP contribution >= 0.6 is 11.3 Å². The van der Waals surface area contributed by atoms with Crippen molar-refractivity contribution >= 4 is 17.2 Å². The van der Waals surface area contributed by atoms with Crippen LogP contribution < -0.4 is 10.1 Å². The Kier molecular flexibility index (Phi) is 5.40. The first kappa shape index (κ1) is 17.1. The number of nitrogens with one attached hydrogen (secondary N) is 1. The van der Waals surface area contributed by atoms with Gasteiger partial charge in [0.05, 0.1) is 6.10 Å². The SMILES string of the molecule is CC(C)Oc1ccc(-c2nc(C(=O)NCc3ccncc3)cs2)cc1. The number of ether oxygens (including phenoxy) is 1. The number of carbonyl (C=O) groups excluding carboxylic acids is 1. The molecule has 0 spiro atoms. The monoisotopic (exact) mass is 353 g/mol. The summed E-state index contributed by atoms with van der Waals surface area (Å²) in [6, 6.07) is 11.5. The van der Waals surface area contributed by atoms with E-state index >= 15 is 0 Å². The molecule has 0 bridgehead atoms. The number of pyridine rings is 1. The van der Waals surface area contributed by atoms with E-state index in [4.69, 9.17) is 4.74 Å². The summed E-state index contributed by atoms with van der Waals surface area (Å²) in [4.78, 5) is 20.6. The van der Waals surface area contributed by atoms with Crippen LogP contribution in [-0.2, 0) is 6.54 Å². The average Bonchev–Trinajstić information content (AvgIpc) is 3.11. The Bertz CT molecular complexity index is 829. The van der Waals surface area contributed by atoms with Crippen molar-refractivity contribution < 1.29 is 9.53 Å². The van der Waals surface area contributed by atoms with Crippen LogP contribution in [0.5, 0.6) is 5.75 Å². The normalized spacial score (nSPS) is 10.7. The highest BCUT2D eigenvalue weighted by atomic mass is 32.1. The van der Waals surface area contributed by atoms with E-state index in [1.54, 1.807) is 17.8 Å². The first-order valence-corrected chi connectivity index (χ1v) is 8.89. The fourth-order valence-electron chi connectivity index (χ4n) is 2.23. The third-order valence-corrected chi connectivity index (χ3v) is 4.30. The van der Waals surface area contributed by atoms with Crippen LogP contribution in [0.15, 0.2) is 54.2 Å². The molecule has 3 rings (SSSR count). The van der Waals surface area contributed by atoms with Crippen LogP contribution in [0.2, 0.25) is 0 Å². The van der Waals surface area contributed by atoms with Crippen LogP contribution in [0.3, 0.4) is 0 Å². The van der Waals surface area contributed by atoms with Gasteiger partial charge in [0.15, 0.2) is 0 Å². The molecule has 0 unspecified atom stereocenters. The molecule has 5 nitrogen and oxygen atoms in total. The summed E-state index contributed by atoms with van der Waals surface area (Å²) >= 11 is 1.45. The fourth-order valence-corrected chi connectivity index (χ4v) is 3.04. The third-order valence-electron chi connectivity index (χ3n) is 3.41. The molecule has 0 radical (unpaired) electrons. The summed E-state index contributed by atoms with van der Waals surface area (Å²) in [5.41, 5.74) is 2.39. The second-order valence-electron chi connectivity index (χ2n) is 5.77. The van der Waals surface area contributed by atoms with Gasteiger partial charge in [-0.2, -0.15) is 0 Å². The van der Waals surface area contributed by atoms with Crippen LogP contribution in [-0.4, -0.2) is 22.0 Å². The van der Waals surface area contributed by atoms with Crippen molar-refractivity contribution in [3.05, 3.63) is 65.4 Å². The molecule has 0 fully saturated rings. The van der Waals surface area contributed by atoms with Gasteiger partial charge < -0.3 is 10.1 Å². The van der Waals surface area contributed by atoms with Gasteiger partial charge in [0.1, 0.15) is 16.5 Å². The Labute approximate surface area is 150 Å². The number of thiazole rings is 1. The van der Waals surface area contributed by atoms with E-state index in [-0.39, 0.29) is 12.0 Å². The van der Waals surface area contributed by atoms with Crippen molar-refractivity contribution in [3.63, 3.8) is 0 Å². The van der Waals surface area contributed by atoms with Crippen molar-refractivity contribution in [2.75, 3.05) is 0 Å². The number of rotatable bonds is 6. The average molecular weight is 353 g/mol. The number of amides is 1. The van der Waals surface area contributed by atoms with Crippen LogP contribution in [0, 0.1) is 0 Å². The lowest BCUT2D eigenvalue weighted by Gasteiger charge is -2.09. The molecule has 2 heterocycles. The topological polar surface area (TPSA) is 64.1 Å². The summed E-state index contributed by atoms with van der Waals surface area (Å²) in [5, 5.41) is 5.45. The molecule has 1 N–H and O–H groups in total. The molecule has 128 valence electrons. The molecule has 3 aromatic rings. The zero-order valence-corrected chi connectivity index (χ0v) is 14.9. The molecule has 0 aliphatic heterocycles. The quantitative estimate of drug-likeness (QED) is 0.729. The van der Waals surface area contributed by atoms with Gasteiger partial charge >= 0.3 is 0 Å². The Morgan fingerprint density at radius 3 is 2.56 bits per heavy atom. The number of hydrogen-bond acceptors (Lipinski definition) is 5. The van der Waals surface area contributed by atoms with E-state index in [1.807, 2.05) is 50.2 Å². The highest BCUT2D eigenvalue weighted by Gasteiger charge is 2.12. The van der Waals surface area contributed by atoms with Crippen molar-refractivity contribution in [1.29, 1.82) is 0 Å². The highest BCUT2D eigenvalue weighted by Crippen LogP contribution is 2.26. The van der Waals surface area contributed by atoms with Crippen LogP contribution in [0.4, 0.5) is 0 Å². The molecule has 6 heteroatoms. The first-order valence-electron chi connectivity index (χ1n) is 8.01. The smallest absolute Gasteiger partial charge is 0.271 e. The summed E-state index contributed by atoms with van der Waals surface area (Å²) in [7, 11) is 0. The minimum absolute atomic E-state index is 0.140. The molecular formula is C19H19N3O2S. The number of nitrogens with zero attached hydrogens (tertiary/aromatic N) is 2. The predicted molar refractivity (Wildman–Crippen MR) is 98.7 cm³/mol. The molecule has 0 atom stereocenters. The summed E-state index contributed by atoms with van der Waals surface area (Å²) in [5.74, 6) is 0.643. The van der Waals surface area contributed by atoms with Gasteiger partial charge in [0, 0.05) is 29.9 Å². The minimum atomic E-state index is -0.181.